The normalized spacial score (nSPS) is 11.3. The first-order chi connectivity index (χ1) is 14.4. The van der Waals surface area contributed by atoms with Gasteiger partial charge in [-0.05, 0) is 48.5 Å². The van der Waals surface area contributed by atoms with Gasteiger partial charge in [-0.25, -0.2) is 14.8 Å². The number of alkyl halides is 3. The number of hydrogen-bond acceptors (Lipinski definition) is 5. The van der Waals surface area contributed by atoms with E-state index >= 15 is 0 Å². The van der Waals surface area contributed by atoms with Gasteiger partial charge in [-0.15, -0.1) is 0 Å². The maximum absolute atomic E-state index is 12.6. The van der Waals surface area contributed by atoms with E-state index in [0.29, 0.717) is 28.4 Å². The molecule has 11 heteroatoms. The van der Waals surface area contributed by atoms with Crippen LogP contribution in [0.1, 0.15) is 5.56 Å². The first-order valence-corrected chi connectivity index (χ1v) is 8.56. The lowest BCUT2D eigenvalue weighted by molar-refractivity contribution is -0.137. The van der Waals surface area contributed by atoms with Crippen LogP contribution in [0.3, 0.4) is 0 Å². The van der Waals surface area contributed by atoms with Crippen LogP contribution in [-0.2, 0) is 6.18 Å². The maximum atomic E-state index is 12.6. The quantitative estimate of drug-likeness (QED) is 0.445. The van der Waals surface area contributed by atoms with Gasteiger partial charge in [0.1, 0.15) is 17.5 Å². The van der Waals surface area contributed by atoms with Crippen molar-refractivity contribution in [3.63, 3.8) is 0 Å². The Bertz CT molecular complexity index is 1170. The topological polar surface area (TPSA) is 105 Å². The van der Waals surface area contributed by atoms with Gasteiger partial charge in [0.25, 0.3) is 0 Å². The molecule has 152 valence electrons. The Hall–Kier alpha value is -4.15. The smallest absolute Gasteiger partial charge is 0.416 e. The molecule has 0 spiro atoms. The summed E-state index contributed by atoms with van der Waals surface area (Å²) in [4.78, 5) is 20.1. The lowest BCUT2D eigenvalue weighted by atomic mass is 10.2. The van der Waals surface area contributed by atoms with Crippen molar-refractivity contribution >= 4 is 28.4 Å². The summed E-state index contributed by atoms with van der Waals surface area (Å²) >= 11 is 0. The van der Waals surface area contributed by atoms with Gasteiger partial charge in [0.15, 0.2) is 5.65 Å². The number of urea groups is 1. The molecule has 0 aliphatic heterocycles. The molecular weight excluding hydrogens is 401 g/mol. The Labute approximate surface area is 167 Å². The number of H-pyrrole nitrogens is 1. The van der Waals surface area contributed by atoms with Crippen LogP contribution < -0.4 is 15.4 Å². The van der Waals surface area contributed by atoms with E-state index in [2.05, 4.69) is 30.8 Å². The Balaban J connectivity index is 1.37. The minimum absolute atomic E-state index is 0.230. The highest BCUT2D eigenvalue weighted by molar-refractivity contribution is 5.99. The van der Waals surface area contributed by atoms with Gasteiger partial charge in [-0.3, -0.25) is 5.10 Å². The molecule has 0 aliphatic rings. The molecule has 0 bridgehead atoms. The number of ether oxygens (including phenoxy) is 1. The summed E-state index contributed by atoms with van der Waals surface area (Å²) in [5.74, 6) is 0.805. The molecule has 2 aromatic carbocycles. The molecule has 0 fully saturated rings. The van der Waals surface area contributed by atoms with Gasteiger partial charge >= 0.3 is 12.2 Å². The summed E-state index contributed by atoms with van der Waals surface area (Å²) < 4.78 is 43.4. The fourth-order valence-electron chi connectivity index (χ4n) is 2.58. The summed E-state index contributed by atoms with van der Waals surface area (Å²) in [7, 11) is 0. The molecule has 0 unspecified atom stereocenters. The molecule has 4 aromatic rings. The third-order valence-electron chi connectivity index (χ3n) is 4.01. The number of rotatable bonds is 4. The first-order valence-electron chi connectivity index (χ1n) is 8.56. The minimum Gasteiger partial charge on any atom is -0.438 e. The zero-order chi connectivity index (χ0) is 21.1. The summed E-state index contributed by atoms with van der Waals surface area (Å²) in [6.07, 6.45) is -1.54. The molecule has 30 heavy (non-hydrogen) atoms. The van der Waals surface area contributed by atoms with Gasteiger partial charge in [0, 0.05) is 11.4 Å². The number of hydrogen-bond donors (Lipinski definition) is 3. The van der Waals surface area contributed by atoms with E-state index in [0.717, 1.165) is 12.1 Å². The SMILES string of the molecule is O=C(Nc1ccc(Oc2ncnc3[nH]ncc23)cc1)Nc1ccc(C(F)(F)F)cc1. The molecule has 0 aliphatic carbocycles. The lowest BCUT2D eigenvalue weighted by Gasteiger charge is -2.10. The predicted molar refractivity (Wildman–Crippen MR) is 102 cm³/mol. The number of halogens is 3. The fraction of sp³-hybridized carbons (Fsp3) is 0.0526. The van der Waals surface area contributed by atoms with Gasteiger partial charge in [0.05, 0.1) is 11.8 Å². The van der Waals surface area contributed by atoms with Crippen molar-refractivity contribution < 1.29 is 22.7 Å². The number of aromatic amines is 1. The third-order valence-corrected chi connectivity index (χ3v) is 4.01. The standard InChI is InChI=1S/C19H13F3N6O2/c20-19(21,22)11-1-3-12(4-2-11)26-18(29)27-13-5-7-14(8-6-13)30-17-15-9-25-28-16(15)23-10-24-17/h1-10H,(H2,26,27,29)(H,23,24,25,28). The summed E-state index contributed by atoms with van der Waals surface area (Å²) in [5, 5.41) is 12.3. The van der Waals surface area contributed by atoms with E-state index in [-0.39, 0.29) is 5.69 Å². The van der Waals surface area contributed by atoms with Crippen LogP contribution in [0.4, 0.5) is 29.3 Å². The zero-order valence-electron chi connectivity index (χ0n) is 15.1. The Morgan fingerprint density at radius 2 is 1.57 bits per heavy atom. The Morgan fingerprint density at radius 3 is 2.20 bits per heavy atom. The van der Waals surface area contributed by atoms with Crippen LogP contribution in [0.25, 0.3) is 11.0 Å². The molecule has 4 rings (SSSR count). The first kappa shape index (κ1) is 19.2. The molecule has 2 heterocycles. The molecule has 0 atom stereocenters. The number of amides is 2. The molecule has 2 aromatic heterocycles. The van der Waals surface area contributed by atoms with Crippen LogP contribution >= 0.6 is 0 Å². The number of benzene rings is 2. The number of nitrogens with one attached hydrogen (secondary N) is 3. The second-order valence-corrected chi connectivity index (χ2v) is 6.09. The fourth-order valence-corrected chi connectivity index (χ4v) is 2.58. The van der Waals surface area contributed by atoms with Gasteiger partial charge in [-0.1, -0.05) is 0 Å². The largest absolute Gasteiger partial charge is 0.438 e. The molecule has 0 saturated carbocycles. The molecule has 0 radical (unpaired) electrons. The number of fused-ring (bicyclic) bond motifs is 1. The number of carbonyl (C=O) groups is 1. The van der Waals surface area contributed by atoms with Gasteiger partial charge in [0.2, 0.25) is 5.88 Å². The Kier molecular flexibility index (Phi) is 4.92. The van der Waals surface area contributed by atoms with Crippen molar-refractivity contribution in [3.8, 4) is 11.6 Å². The predicted octanol–water partition coefficient (Wildman–Crippen LogP) is 4.81. The van der Waals surface area contributed by atoms with Gasteiger partial charge in [-0.2, -0.15) is 18.3 Å². The summed E-state index contributed by atoms with van der Waals surface area (Å²) in [5.41, 5.74) is 0.440. The average Bonchev–Trinajstić information content (AvgIpc) is 3.19. The van der Waals surface area contributed by atoms with Crippen LogP contribution in [0.15, 0.2) is 61.1 Å². The highest BCUT2D eigenvalue weighted by Gasteiger charge is 2.29. The van der Waals surface area contributed by atoms with E-state index < -0.39 is 17.8 Å². The number of aromatic nitrogens is 4. The van der Waals surface area contributed by atoms with Crippen molar-refractivity contribution in [3.05, 3.63) is 66.6 Å². The second-order valence-electron chi connectivity index (χ2n) is 6.09. The van der Waals surface area contributed by atoms with E-state index in [1.165, 1.54) is 18.5 Å². The van der Waals surface area contributed by atoms with E-state index in [4.69, 9.17) is 4.74 Å². The number of carbonyl (C=O) groups excluding carboxylic acids is 1. The summed E-state index contributed by atoms with van der Waals surface area (Å²) in [6.45, 7) is 0. The molecule has 2 amide bonds. The molecule has 3 N–H and O–H groups in total. The Morgan fingerprint density at radius 1 is 0.933 bits per heavy atom. The second kappa shape index (κ2) is 7.70. The average molecular weight is 414 g/mol. The van der Waals surface area contributed by atoms with Crippen molar-refractivity contribution in [2.45, 2.75) is 6.18 Å². The number of anilines is 2. The van der Waals surface area contributed by atoms with Gasteiger partial charge < -0.3 is 15.4 Å². The molecular formula is C19H13F3N6O2. The van der Waals surface area contributed by atoms with E-state index in [1.807, 2.05) is 0 Å². The van der Waals surface area contributed by atoms with Crippen molar-refractivity contribution in [2.24, 2.45) is 0 Å². The third kappa shape index (κ3) is 4.29. The van der Waals surface area contributed by atoms with Crippen LogP contribution in [0, 0.1) is 0 Å². The summed E-state index contributed by atoms with van der Waals surface area (Å²) in [6, 6.07) is 10.0. The molecule has 8 nitrogen and oxygen atoms in total. The minimum atomic E-state index is -4.43. The van der Waals surface area contributed by atoms with Crippen molar-refractivity contribution in [1.29, 1.82) is 0 Å². The lowest BCUT2D eigenvalue weighted by Crippen LogP contribution is -2.19. The van der Waals surface area contributed by atoms with Crippen LogP contribution in [-0.4, -0.2) is 26.2 Å². The van der Waals surface area contributed by atoms with Crippen molar-refractivity contribution in [1.82, 2.24) is 20.2 Å². The van der Waals surface area contributed by atoms with Crippen molar-refractivity contribution in [2.75, 3.05) is 10.6 Å². The maximum Gasteiger partial charge on any atom is 0.416 e. The highest BCUT2D eigenvalue weighted by Crippen LogP contribution is 2.30. The van der Waals surface area contributed by atoms with E-state index in [9.17, 15) is 18.0 Å². The highest BCUT2D eigenvalue weighted by atomic mass is 19.4. The molecule has 0 saturated heterocycles. The van der Waals surface area contributed by atoms with Crippen LogP contribution in [0.5, 0.6) is 11.6 Å². The number of nitrogens with zero attached hydrogens (tertiary/aromatic N) is 3. The van der Waals surface area contributed by atoms with E-state index in [1.54, 1.807) is 30.5 Å². The zero-order valence-corrected chi connectivity index (χ0v) is 15.1. The van der Waals surface area contributed by atoms with Crippen LogP contribution in [0.2, 0.25) is 0 Å². The monoisotopic (exact) mass is 414 g/mol.